The SMILES string of the molecule is CCC(=N)N1CCC(CNC(=O)[C@@H](NC(=O)C(Cc2ccc(C(=N)N)cc2)C(=O)N(C)Cc2ccccc2)C2CCCCC2)CC1. The van der Waals surface area contributed by atoms with Gasteiger partial charge in [-0.1, -0.05) is 80.8 Å². The topological polar surface area (TPSA) is 155 Å². The summed E-state index contributed by atoms with van der Waals surface area (Å²) in [6, 6.07) is 16.0. The van der Waals surface area contributed by atoms with E-state index in [4.69, 9.17) is 16.6 Å². The Morgan fingerprint density at radius 1 is 0.913 bits per heavy atom. The molecule has 2 aliphatic rings. The van der Waals surface area contributed by atoms with E-state index in [0.29, 0.717) is 30.4 Å². The molecule has 2 aromatic rings. The van der Waals surface area contributed by atoms with Crippen LogP contribution in [0.1, 0.15) is 75.0 Å². The van der Waals surface area contributed by atoms with Crippen LogP contribution in [0, 0.1) is 28.6 Å². The van der Waals surface area contributed by atoms with E-state index in [1.165, 1.54) is 0 Å². The van der Waals surface area contributed by atoms with Crippen molar-refractivity contribution in [2.24, 2.45) is 23.5 Å². The summed E-state index contributed by atoms with van der Waals surface area (Å²) in [7, 11) is 1.70. The molecule has 2 atom stereocenters. The van der Waals surface area contributed by atoms with Crippen LogP contribution in [0.15, 0.2) is 54.6 Å². The fourth-order valence-electron chi connectivity index (χ4n) is 6.65. The summed E-state index contributed by atoms with van der Waals surface area (Å²) in [5.74, 6) is -1.03. The Kier molecular flexibility index (Phi) is 12.7. The minimum atomic E-state index is -1.03. The molecule has 10 nitrogen and oxygen atoms in total. The molecule has 2 aromatic carbocycles. The maximum atomic E-state index is 14.1. The van der Waals surface area contributed by atoms with Gasteiger partial charge in [0, 0.05) is 45.2 Å². The molecule has 248 valence electrons. The summed E-state index contributed by atoms with van der Waals surface area (Å²) in [5, 5.41) is 22.0. The molecule has 6 N–H and O–H groups in total. The zero-order chi connectivity index (χ0) is 33.1. The quantitative estimate of drug-likeness (QED) is 0.128. The normalized spacial score (nSPS) is 17.0. The van der Waals surface area contributed by atoms with Crippen molar-refractivity contribution < 1.29 is 14.4 Å². The van der Waals surface area contributed by atoms with E-state index in [9.17, 15) is 14.4 Å². The standard InChI is InChI=1S/C36H51N7O3/c1-3-31(37)43-20-18-26(19-21-43)23-40-35(45)32(28-12-8-5-9-13-28)41-34(44)30(22-25-14-16-29(17-15-25)33(38)39)36(46)42(2)24-27-10-6-4-7-11-27/h4,6-7,10-11,14-17,26,28,30,32,37H,3,5,8-9,12-13,18-24H2,1-2H3,(H3,38,39)(H,40,45)(H,41,44)/t30?,32-/m0/s1. The third-order valence-corrected chi connectivity index (χ3v) is 9.56. The lowest BCUT2D eigenvalue weighted by Crippen LogP contribution is -2.55. The molecule has 3 amide bonds. The van der Waals surface area contributed by atoms with Gasteiger partial charge in [0.1, 0.15) is 17.8 Å². The lowest BCUT2D eigenvalue weighted by molar-refractivity contribution is -0.143. The molecule has 0 aromatic heterocycles. The number of nitrogen functional groups attached to an aromatic ring is 1. The van der Waals surface area contributed by atoms with Crippen LogP contribution in [0.3, 0.4) is 0 Å². The Hall–Kier alpha value is -4.21. The summed E-state index contributed by atoms with van der Waals surface area (Å²) in [4.78, 5) is 45.5. The molecule has 4 rings (SSSR count). The predicted octanol–water partition coefficient (Wildman–Crippen LogP) is 4.07. The molecule has 46 heavy (non-hydrogen) atoms. The number of amidine groups is 2. The summed E-state index contributed by atoms with van der Waals surface area (Å²) in [6.45, 7) is 4.54. The number of likely N-dealkylation sites (tertiary alicyclic amines) is 1. The summed E-state index contributed by atoms with van der Waals surface area (Å²) < 4.78 is 0. The van der Waals surface area contributed by atoms with Crippen molar-refractivity contribution in [3.05, 3.63) is 71.3 Å². The molecule has 0 bridgehead atoms. The van der Waals surface area contributed by atoms with Crippen LogP contribution < -0.4 is 16.4 Å². The fourth-order valence-corrected chi connectivity index (χ4v) is 6.65. The van der Waals surface area contributed by atoms with Crippen molar-refractivity contribution in [1.29, 1.82) is 10.8 Å². The van der Waals surface area contributed by atoms with Gasteiger partial charge in [0.15, 0.2) is 0 Å². The first-order chi connectivity index (χ1) is 22.2. The van der Waals surface area contributed by atoms with Crippen molar-refractivity contribution in [2.45, 2.75) is 77.3 Å². The fraction of sp³-hybridized carbons (Fsp3) is 0.528. The molecule has 0 radical (unpaired) electrons. The number of rotatable bonds is 13. The van der Waals surface area contributed by atoms with Gasteiger partial charge in [-0.2, -0.15) is 0 Å². The third kappa shape index (κ3) is 9.64. The van der Waals surface area contributed by atoms with Crippen LogP contribution in [-0.2, 0) is 27.3 Å². The molecular formula is C36H51N7O3. The number of nitrogens with one attached hydrogen (secondary N) is 4. The summed E-state index contributed by atoms with van der Waals surface area (Å²) in [5.41, 5.74) is 7.93. The molecule has 1 unspecified atom stereocenters. The smallest absolute Gasteiger partial charge is 0.242 e. The Balaban J connectivity index is 1.49. The zero-order valence-corrected chi connectivity index (χ0v) is 27.4. The van der Waals surface area contributed by atoms with E-state index in [0.717, 1.165) is 75.6 Å². The van der Waals surface area contributed by atoms with E-state index in [1.54, 1.807) is 36.2 Å². The molecular weight excluding hydrogens is 578 g/mol. The second kappa shape index (κ2) is 16.9. The lowest BCUT2D eigenvalue weighted by atomic mass is 9.83. The van der Waals surface area contributed by atoms with Gasteiger partial charge in [-0.15, -0.1) is 0 Å². The molecule has 10 heteroatoms. The second-order valence-electron chi connectivity index (χ2n) is 12.9. The number of hydrogen-bond donors (Lipinski definition) is 5. The van der Waals surface area contributed by atoms with Gasteiger partial charge >= 0.3 is 0 Å². The lowest BCUT2D eigenvalue weighted by Gasteiger charge is -2.35. The summed E-state index contributed by atoms with van der Waals surface area (Å²) in [6.07, 6.45) is 7.56. The van der Waals surface area contributed by atoms with Gasteiger partial charge < -0.3 is 26.2 Å². The first-order valence-corrected chi connectivity index (χ1v) is 16.8. The monoisotopic (exact) mass is 629 g/mol. The molecule has 1 saturated heterocycles. The highest BCUT2D eigenvalue weighted by Gasteiger charge is 2.36. The van der Waals surface area contributed by atoms with Gasteiger partial charge in [0.05, 0.1) is 5.84 Å². The highest BCUT2D eigenvalue weighted by Crippen LogP contribution is 2.28. The highest BCUT2D eigenvalue weighted by molar-refractivity contribution is 6.02. The number of nitrogens with two attached hydrogens (primary N) is 1. The zero-order valence-electron chi connectivity index (χ0n) is 27.4. The first-order valence-electron chi connectivity index (χ1n) is 16.8. The van der Waals surface area contributed by atoms with Crippen LogP contribution >= 0.6 is 0 Å². The van der Waals surface area contributed by atoms with Crippen LogP contribution in [0.5, 0.6) is 0 Å². The Morgan fingerprint density at radius 2 is 1.57 bits per heavy atom. The predicted molar refractivity (Wildman–Crippen MR) is 181 cm³/mol. The van der Waals surface area contributed by atoms with Gasteiger partial charge in [-0.25, -0.2) is 0 Å². The molecule has 1 aliphatic carbocycles. The van der Waals surface area contributed by atoms with Crippen molar-refractivity contribution in [3.63, 3.8) is 0 Å². The van der Waals surface area contributed by atoms with E-state index in [-0.39, 0.29) is 30.0 Å². The maximum absolute atomic E-state index is 14.1. The van der Waals surface area contributed by atoms with Crippen LogP contribution in [0.2, 0.25) is 0 Å². The van der Waals surface area contributed by atoms with Crippen molar-refractivity contribution in [3.8, 4) is 0 Å². The average molecular weight is 630 g/mol. The van der Waals surface area contributed by atoms with Gasteiger partial charge in [0.2, 0.25) is 17.7 Å². The van der Waals surface area contributed by atoms with Gasteiger partial charge in [-0.05, 0) is 55.1 Å². The van der Waals surface area contributed by atoms with Gasteiger partial charge in [-0.3, -0.25) is 25.2 Å². The van der Waals surface area contributed by atoms with Gasteiger partial charge in [0.25, 0.3) is 0 Å². The number of nitrogens with zero attached hydrogens (tertiary/aromatic N) is 2. The molecule has 1 heterocycles. The number of piperidine rings is 1. The number of hydrogen-bond acceptors (Lipinski definition) is 5. The maximum Gasteiger partial charge on any atom is 0.242 e. The molecule has 1 aliphatic heterocycles. The van der Waals surface area contributed by atoms with E-state index in [2.05, 4.69) is 15.5 Å². The largest absolute Gasteiger partial charge is 0.384 e. The minimum Gasteiger partial charge on any atom is -0.384 e. The number of amides is 3. The van der Waals surface area contributed by atoms with E-state index < -0.39 is 17.9 Å². The number of carbonyl (C=O) groups is 3. The van der Waals surface area contributed by atoms with E-state index >= 15 is 0 Å². The van der Waals surface area contributed by atoms with Crippen LogP contribution in [0.4, 0.5) is 0 Å². The van der Waals surface area contributed by atoms with Crippen LogP contribution in [0.25, 0.3) is 0 Å². The minimum absolute atomic E-state index is 0.0113. The van der Waals surface area contributed by atoms with E-state index in [1.807, 2.05) is 37.3 Å². The van der Waals surface area contributed by atoms with Crippen molar-refractivity contribution in [1.82, 2.24) is 20.4 Å². The van der Waals surface area contributed by atoms with Crippen molar-refractivity contribution >= 4 is 29.4 Å². The third-order valence-electron chi connectivity index (χ3n) is 9.56. The highest BCUT2D eigenvalue weighted by atomic mass is 16.2. The first kappa shape index (κ1) is 34.7. The second-order valence-corrected chi connectivity index (χ2v) is 12.9. The molecule has 2 fully saturated rings. The van der Waals surface area contributed by atoms with Crippen LogP contribution in [-0.4, -0.2) is 71.9 Å². The number of benzene rings is 2. The summed E-state index contributed by atoms with van der Waals surface area (Å²) >= 11 is 0. The Labute approximate surface area is 273 Å². The Bertz CT molecular complexity index is 1330. The average Bonchev–Trinajstić information content (AvgIpc) is 3.09. The molecule has 0 spiro atoms. The Morgan fingerprint density at radius 3 is 2.17 bits per heavy atom. The molecule has 1 saturated carbocycles. The number of carbonyl (C=O) groups excluding carboxylic acids is 3. The van der Waals surface area contributed by atoms with Crippen molar-refractivity contribution in [2.75, 3.05) is 26.7 Å².